The summed E-state index contributed by atoms with van der Waals surface area (Å²) in [5.41, 5.74) is 0. The minimum Gasteiger partial charge on any atom is -0.807 e. The maximum atomic E-state index is 11.0. The molecule has 0 amide bonds. The molecular weight excluding hydrogens is 398 g/mol. The molecule has 0 atom stereocenters. The summed E-state index contributed by atoms with van der Waals surface area (Å²) in [6, 6.07) is 10.5. The Morgan fingerprint density at radius 2 is 1.07 bits per heavy atom. The Morgan fingerprint density at radius 1 is 0.667 bits per heavy atom. The topological polar surface area (TPSA) is 154 Å². The monoisotopic (exact) mass is 414 g/mol. The second kappa shape index (κ2) is 9.48. The van der Waals surface area contributed by atoms with Crippen LogP contribution in [0.5, 0.6) is 11.5 Å². The van der Waals surface area contributed by atoms with Gasteiger partial charge in [0.2, 0.25) is 0 Å². The maximum Gasteiger partial charge on any atom is 0.120 e. The largest absolute Gasteiger partial charge is 0.807 e. The summed E-state index contributed by atoms with van der Waals surface area (Å²) in [7, 11) is -9.65. The highest BCUT2D eigenvalue weighted by molar-refractivity contribution is 7.57. The lowest BCUT2D eigenvalue weighted by molar-refractivity contribution is -0.309. The molecule has 148 valence electrons. The van der Waals surface area contributed by atoms with Gasteiger partial charge < -0.3 is 42.9 Å². The molecule has 0 saturated heterocycles. The highest BCUT2D eigenvalue weighted by atomic mass is 31.2. The van der Waals surface area contributed by atoms with Gasteiger partial charge in [0.05, 0.1) is 13.2 Å². The summed E-state index contributed by atoms with van der Waals surface area (Å²) in [6.07, 6.45) is 0. The van der Waals surface area contributed by atoms with Crippen molar-refractivity contribution in [1.82, 2.24) is 0 Å². The molecule has 11 heteroatoms. The van der Waals surface area contributed by atoms with E-state index >= 15 is 0 Å². The Kier molecular flexibility index (Phi) is 7.59. The van der Waals surface area contributed by atoms with E-state index in [1.165, 1.54) is 36.4 Å². The van der Waals surface area contributed by atoms with Crippen LogP contribution in [0.15, 0.2) is 48.5 Å². The second-order valence-electron chi connectivity index (χ2n) is 5.30. The molecular formula is C16H16O9P2-4. The third kappa shape index (κ3) is 7.44. The Balaban J connectivity index is 1.67. The smallest absolute Gasteiger partial charge is 0.120 e. The lowest BCUT2D eigenvalue weighted by Gasteiger charge is -2.29. The van der Waals surface area contributed by atoms with Crippen LogP contribution in [-0.2, 0) is 13.9 Å². The van der Waals surface area contributed by atoms with Crippen LogP contribution in [0.2, 0.25) is 0 Å². The standard InChI is InChI=1S/C16H20O9P2/c17-26(18,19)15-5-1-3-13(11-15)24-9-7-23-8-10-25-14-4-2-6-16(12-14)27(20,21)22/h1-6,11-12H,7-10H2,(H2,17,18,19)(H2,20,21,22)/p-4. The van der Waals surface area contributed by atoms with Crippen molar-refractivity contribution in [2.75, 3.05) is 26.4 Å². The van der Waals surface area contributed by atoms with Crippen LogP contribution >= 0.6 is 15.2 Å². The molecule has 2 aromatic rings. The maximum absolute atomic E-state index is 11.0. The molecule has 0 aromatic heterocycles. The number of ether oxygens (including phenoxy) is 3. The molecule has 0 bridgehead atoms. The minimum absolute atomic E-state index is 0.122. The molecule has 0 N–H and O–H groups in total. The average molecular weight is 414 g/mol. The molecule has 0 aliphatic rings. The lowest BCUT2D eigenvalue weighted by atomic mass is 10.3. The van der Waals surface area contributed by atoms with E-state index in [2.05, 4.69) is 0 Å². The van der Waals surface area contributed by atoms with Gasteiger partial charge in [0.15, 0.2) is 0 Å². The van der Waals surface area contributed by atoms with E-state index in [1.807, 2.05) is 0 Å². The van der Waals surface area contributed by atoms with Crippen LogP contribution in [0.4, 0.5) is 0 Å². The second-order valence-corrected chi connectivity index (χ2v) is 8.32. The molecule has 0 aliphatic carbocycles. The molecule has 2 rings (SSSR count). The third-order valence-corrected chi connectivity index (χ3v) is 5.08. The predicted octanol–water partition coefficient (Wildman–Crippen LogP) is -1.76. The van der Waals surface area contributed by atoms with E-state index in [-0.39, 0.29) is 48.5 Å². The summed E-state index contributed by atoms with van der Waals surface area (Å²) in [5, 5.41) is -0.700. The Bertz CT molecular complexity index is 774. The highest BCUT2D eigenvalue weighted by Gasteiger charge is 2.02. The van der Waals surface area contributed by atoms with Crippen LogP contribution in [-0.4, -0.2) is 26.4 Å². The fourth-order valence-corrected chi connectivity index (χ4v) is 3.13. The van der Waals surface area contributed by atoms with Gasteiger partial charge in [-0.2, -0.15) is 0 Å². The summed E-state index contributed by atoms with van der Waals surface area (Å²) >= 11 is 0. The number of hydrogen-bond acceptors (Lipinski definition) is 9. The number of benzene rings is 2. The van der Waals surface area contributed by atoms with Gasteiger partial charge in [-0.15, -0.1) is 0 Å². The fourth-order valence-electron chi connectivity index (χ4n) is 2.03. The summed E-state index contributed by atoms with van der Waals surface area (Å²) in [6.45, 7) is 0.597. The van der Waals surface area contributed by atoms with E-state index in [0.29, 0.717) is 0 Å². The van der Waals surface area contributed by atoms with Gasteiger partial charge in [0.25, 0.3) is 0 Å². The SMILES string of the molecule is O=P([O-])([O-])c1cccc(OCCOCCOc2cccc(P(=O)([O-])[O-])c2)c1. The van der Waals surface area contributed by atoms with Gasteiger partial charge in [-0.25, -0.2) is 0 Å². The molecule has 27 heavy (non-hydrogen) atoms. The molecule has 2 aromatic carbocycles. The first-order valence-corrected chi connectivity index (χ1v) is 10.8. The van der Waals surface area contributed by atoms with Gasteiger partial charge >= 0.3 is 0 Å². The zero-order valence-corrected chi connectivity index (χ0v) is 15.8. The van der Waals surface area contributed by atoms with Crippen molar-refractivity contribution in [1.29, 1.82) is 0 Å². The van der Waals surface area contributed by atoms with Crippen molar-refractivity contribution in [3.8, 4) is 11.5 Å². The van der Waals surface area contributed by atoms with Gasteiger partial charge in [0.1, 0.15) is 24.7 Å². The van der Waals surface area contributed by atoms with Crippen LogP contribution < -0.4 is 39.7 Å². The first-order chi connectivity index (χ1) is 12.7. The molecule has 0 heterocycles. The van der Waals surface area contributed by atoms with Crippen molar-refractivity contribution in [3.63, 3.8) is 0 Å². The molecule has 0 saturated carbocycles. The molecule has 9 nitrogen and oxygen atoms in total. The van der Waals surface area contributed by atoms with Crippen LogP contribution in [0, 0.1) is 0 Å². The highest BCUT2D eigenvalue weighted by Crippen LogP contribution is 2.25. The predicted molar refractivity (Wildman–Crippen MR) is 89.2 cm³/mol. The minimum atomic E-state index is -4.83. The molecule has 0 fully saturated rings. The van der Waals surface area contributed by atoms with Gasteiger partial charge in [-0.1, -0.05) is 24.3 Å². The van der Waals surface area contributed by atoms with E-state index in [4.69, 9.17) is 14.2 Å². The average Bonchev–Trinajstić information content (AvgIpc) is 2.60. The molecule has 0 spiro atoms. The Hall–Kier alpha value is -1.70. The van der Waals surface area contributed by atoms with Crippen molar-refractivity contribution in [2.45, 2.75) is 0 Å². The van der Waals surface area contributed by atoms with Crippen molar-refractivity contribution in [2.24, 2.45) is 0 Å². The Labute approximate surface area is 155 Å². The summed E-state index contributed by atoms with van der Waals surface area (Å²) < 4.78 is 37.8. The normalized spacial score (nSPS) is 12.0. The van der Waals surface area contributed by atoms with Crippen molar-refractivity contribution >= 4 is 25.8 Å². The van der Waals surface area contributed by atoms with Crippen molar-refractivity contribution < 1.29 is 42.9 Å². The number of rotatable bonds is 10. The quantitative estimate of drug-likeness (QED) is 0.325. The summed E-state index contributed by atoms with van der Waals surface area (Å²) in [4.78, 5) is 43.8. The van der Waals surface area contributed by atoms with Crippen LogP contribution in [0.1, 0.15) is 0 Å². The van der Waals surface area contributed by atoms with Crippen LogP contribution in [0.25, 0.3) is 0 Å². The van der Waals surface area contributed by atoms with Crippen LogP contribution in [0.3, 0.4) is 0 Å². The van der Waals surface area contributed by atoms with Gasteiger partial charge in [-0.05, 0) is 50.1 Å². The zero-order chi connectivity index (χ0) is 19.9. The zero-order valence-electron chi connectivity index (χ0n) is 14.0. The van der Waals surface area contributed by atoms with E-state index in [1.54, 1.807) is 0 Å². The number of hydrogen-bond donors (Lipinski definition) is 0. The fraction of sp³-hybridized carbons (Fsp3) is 0.250. The van der Waals surface area contributed by atoms with E-state index in [9.17, 15) is 28.7 Å². The van der Waals surface area contributed by atoms with Gasteiger partial charge in [0, 0.05) is 0 Å². The first kappa shape index (κ1) is 21.6. The Morgan fingerprint density at radius 3 is 1.44 bits per heavy atom. The lowest BCUT2D eigenvalue weighted by Crippen LogP contribution is -2.24. The molecule has 0 unspecified atom stereocenters. The van der Waals surface area contributed by atoms with E-state index < -0.39 is 15.2 Å². The van der Waals surface area contributed by atoms with Gasteiger partial charge in [-0.3, -0.25) is 0 Å². The molecule has 0 aliphatic heterocycles. The molecule has 0 radical (unpaired) electrons. The van der Waals surface area contributed by atoms with Crippen molar-refractivity contribution in [3.05, 3.63) is 48.5 Å². The third-order valence-electron chi connectivity index (χ3n) is 3.26. The summed E-state index contributed by atoms with van der Waals surface area (Å²) in [5.74, 6) is 0.464. The van der Waals surface area contributed by atoms with E-state index in [0.717, 1.165) is 12.1 Å². The first-order valence-electron chi connectivity index (χ1n) is 7.75.